The summed E-state index contributed by atoms with van der Waals surface area (Å²) < 4.78 is 0. The first-order valence-corrected chi connectivity index (χ1v) is 13.3. The molecule has 0 aliphatic heterocycles. The van der Waals surface area contributed by atoms with Crippen molar-refractivity contribution in [1.82, 2.24) is 5.32 Å². The number of hydrogen-bond acceptors (Lipinski definition) is 1. The van der Waals surface area contributed by atoms with Gasteiger partial charge in [-0.25, -0.2) is 0 Å². The third-order valence-electron chi connectivity index (χ3n) is 5.31. The fraction of sp³-hybridized carbons (Fsp3) is 0.889. The molecule has 0 bridgehead atoms. The molecule has 0 aliphatic rings. The van der Waals surface area contributed by atoms with Gasteiger partial charge in [0, 0.05) is 0 Å². The molecule has 1 nitrogen and oxygen atoms in total. The lowest BCUT2D eigenvalue weighted by Crippen LogP contribution is -2.44. The summed E-state index contributed by atoms with van der Waals surface area (Å²) in [4.78, 5) is 0. The van der Waals surface area contributed by atoms with E-state index in [4.69, 9.17) is 0 Å². The topological polar surface area (TPSA) is 12.0 Å². The summed E-state index contributed by atoms with van der Waals surface area (Å²) in [7, 11) is -1.15. The largest absolute Gasteiger partial charge is 0.320 e. The SMILES string of the molecule is CC(C)=C[SiH2]CNCCCC[Si](C(C)C)(C(C)C)C(C)C. The molecule has 0 radical (unpaired) electrons. The summed E-state index contributed by atoms with van der Waals surface area (Å²) in [5.74, 6) is 0. The van der Waals surface area contributed by atoms with Crippen LogP contribution in [0.1, 0.15) is 68.2 Å². The highest BCUT2D eigenvalue weighted by molar-refractivity contribution is 6.83. The standard InChI is InChI=1S/C18H41NSi2/c1-15(2)13-20-14-19-11-9-10-12-21(16(3)4,17(5)6)18(7)8/h13,16-19H,9-12,14,20H2,1-8H3. The molecule has 0 aromatic rings. The Hall–Kier alpha value is 0.134. The van der Waals surface area contributed by atoms with E-state index in [2.05, 4.69) is 66.4 Å². The van der Waals surface area contributed by atoms with Crippen LogP contribution in [0.25, 0.3) is 0 Å². The fourth-order valence-electron chi connectivity index (χ4n) is 4.14. The van der Waals surface area contributed by atoms with Crippen molar-refractivity contribution in [3.8, 4) is 0 Å². The van der Waals surface area contributed by atoms with Crippen LogP contribution in [-0.2, 0) is 0 Å². The van der Waals surface area contributed by atoms with E-state index in [0.717, 1.165) is 16.6 Å². The van der Waals surface area contributed by atoms with Crippen LogP contribution >= 0.6 is 0 Å². The van der Waals surface area contributed by atoms with Gasteiger partial charge in [-0.05, 0) is 33.0 Å². The van der Waals surface area contributed by atoms with Crippen molar-refractivity contribution in [2.45, 2.75) is 90.9 Å². The Bertz CT molecular complexity index is 270. The third-order valence-corrected chi connectivity index (χ3v) is 14.7. The minimum atomic E-state index is -1.15. The molecule has 0 saturated heterocycles. The van der Waals surface area contributed by atoms with Crippen LogP contribution in [0, 0.1) is 0 Å². The summed E-state index contributed by atoms with van der Waals surface area (Å²) >= 11 is 0. The van der Waals surface area contributed by atoms with Crippen molar-refractivity contribution in [3.63, 3.8) is 0 Å². The first-order chi connectivity index (χ1) is 9.75. The van der Waals surface area contributed by atoms with Crippen LogP contribution in [0.5, 0.6) is 0 Å². The van der Waals surface area contributed by atoms with Gasteiger partial charge < -0.3 is 5.32 Å². The highest BCUT2D eigenvalue weighted by atomic mass is 28.3. The van der Waals surface area contributed by atoms with E-state index < -0.39 is 8.07 Å². The molecule has 0 atom stereocenters. The van der Waals surface area contributed by atoms with E-state index >= 15 is 0 Å². The molecule has 0 fully saturated rings. The Morgan fingerprint density at radius 1 is 0.952 bits per heavy atom. The van der Waals surface area contributed by atoms with Crippen molar-refractivity contribution in [3.05, 3.63) is 11.3 Å². The molecule has 126 valence electrons. The summed E-state index contributed by atoms with van der Waals surface area (Å²) in [5.41, 5.74) is 6.69. The smallest absolute Gasteiger partial charge is 0.0612 e. The minimum Gasteiger partial charge on any atom is -0.320 e. The van der Waals surface area contributed by atoms with Crippen LogP contribution in [0.4, 0.5) is 0 Å². The van der Waals surface area contributed by atoms with Crippen molar-refractivity contribution in [1.29, 1.82) is 0 Å². The predicted octanol–water partition coefficient (Wildman–Crippen LogP) is 5.09. The Kier molecular flexibility index (Phi) is 10.9. The van der Waals surface area contributed by atoms with Crippen LogP contribution < -0.4 is 5.32 Å². The number of allylic oxidation sites excluding steroid dienone is 1. The summed E-state index contributed by atoms with van der Waals surface area (Å²) in [6.45, 7) is 20.5. The molecule has 0 unspecified atom stereocenters. The molecule has 0 aliphatic carbocycles. The van der Waals surface area contributed by atoms with E-state index in [-0.39, 0.29) is 9.52 Å². The van der Waals surface area contributed by atoms with Crippen LogP contribution in [0.15, 0.2) is 11.3 Å². The Balaban J connectivity index is 4.08. The second kappa shape index (κ2) is 10.8. The lowest BCUT2D eigenvalue weighted by atomic mass is 10.3. The minimum absolute atomic E-state index is 0.000909. The Morgan fingerprint density at radius 3 is 1.90 bits per heavy atom. The molecule has 0 saturated carbocycles. The van der Waals surface area contributed by atoms with E-state index in [1.165, 1.54) is 37.2 Å². The molecule has 0 heterocycles. The van der Waals surface area contributed by atoms with Crippen molar-refractivity contribution in [2.24, 2.45) is 0 Å². The van der Waals surface area contributed by atoms with Gasteiger partial charge in [-0.15, -0.1) is 5.70 Å². The van der Waals surface area contributed by atoms with E-state index in [0.29, 0.717) is 0 Å². The van der Waals surface area contributed by atoms with Crippen molar-refractivity contribution >= 4 is 17.6 Å². The monoisotopic (exact) mass is 327 g/mol. The summed E-state index contributed by atoms with van der Waals surface area (Å²) in [5, 5.41) is 3.65. The first-order valence-electron chi connectivity index (χ1n) is 9.09. The van der Waals surface area contributed by atoms with E-state index in [9.17, 15) is 0 Å². The van der Waals surface area contributed by atoms with Crippen LogP contribution in [0.2, 0.25) is 22.7 Å². The summed E-state index contributed by atoms with van der Waals surface area (Å²) in [6, 6.07) is 1.52. The van der Waals surface area contributed by atoms with E-state index in [1.807, 2.05) is 0 Å². The Morgan fingerprint density at radius 2 is 1.48 bits per heavy atom. The van der Waals surface area contributed by atoms with Gasteiger partial charge in [0.15, 0.2) is 0 Å². The summed E-state index contributed by atoms with van der Waals surface area (Å²) in [6.07, 6.45) is 4.06. The molecule has 0 amide bonds. The fourth-order valence-corrected chi connectivity index (χ4v) is 11.9. The highest BCUT2D eigenvalue weighted by Gasteiger charge is 2.41. The maximum Gasteiger partial charge on any atom is 0.0612 e. The second-order valence-corrected chi connectivity index (χ2v) is 15.5. The lowest BCUT2D eigenvalue weighted by Gasteiger charge is -2.43. The molecule has 21 heavy (non-hydrogen) atoms. The molecule has 0 aromatic carbocycles. The average molecular weight is 328 g/mol. The van der Waals surface area contributed by atoms with E-state index in [1.54, 1.807) is 0 Å². The van der Waals surface area contributed by atoms with Gasteiger partial charge in [-0.2, -0.15) is 0 Å². The zero-order chi connectivity index (χ0) is 16.5. The van der Waals surface area contributed by atoms with Gasteiger partial charge >= 0.3 is 0 Å². The van der Waals surface area contributed by atoms with Gasteiger partial charge in [0.1, 0.15) is 0 Å². The van der Waals surface area contributed by atoms with Gasteiger partial charge in [0.25, 0.3) is 0 Å². The van der Waals surface area contributed by atoms with Crippen molar-refractivity contribution < 1.29 is 0 Å². The molecule has 3 heteroatoms. The Labute approximate surface area is 138 Å². The second-order valence-electron chi connectivity index (χ2n) is 7.85. The van der Waals surface area contributed by atoms with Crippen LogP contribution in [0.3, 0.4) is 0 Å². The highest BCUT2D eigenvalue weighted by Crippen LogP contribution is 2.45. The number of rotatable bonds is 11. The molecule has 0 aromatic heterocycles. The van der Waals surface area contributed by atoms with Gasteiger partial charge in [0.2, 0.25) is 0 Å². The molecule has 0 spiro atoms. The number of nitrogens with one attached hydrogen (secondary N) is 1. The lowest BCUT2D eigenvalue weighted by molar-refractivity contribution is 0.675. The quantitative estimate of drug-likeness (QED) is 0.412. The maximum atomic E-state index is 3.65. The first kappa shape index (κ1) is 21.1. The zero-order valence-corrected chi connectivity index (χ0v) is 18.5. The zero-order valence-electron chi connectivity index (χ0n) is 16.1. The van der Waals surface area contributed by atoms with Gasteiger partial charge in [-0.3, -0.25) is 0 Å². The molecular weight excluding hydrogens is 286 g/mol. The van der Waals surface area contributed by atoms with Crippen LogP contribution in [-0.4, -0.2) is 30.3 Å². The maximum absolute atomic E-state index is 3.65. The van der Waals surface area contributed by atoms with Gasteiger partial charge in [-0.1, -0.05) is 76.2 Å². The average Bonchev–Trinajstić information content (AvgIpc) is 2.35. The molecular formula is C18H41NSi2. The van der Waals surface area contributed by atoms with Crippen molar-refractivity contribution in [2.75, 3.05) is 12.7 Å². The van der Waals surface area contributed by atoms with Gasteiger partial charge in [0.05, 0.1) is 17.6 Å². The predicted molar refractivity (Wildman–Crippen MR) is 106 cm³/mol. The molecule has 1 N–H and O–H groups in total. The normalized spacial score (nSPS) is 13.1. The third kappa shape index (κ3) is 7.29. The number of unbranched alkanes of at least 4 members (excludes halogenated alkanes) is 1. The molecule has 0 rings (SSSR count). The number of hydrogen-bond donors (Lipinski definition) is 1.